The van der Waals surface area contributed by atoms with Crippen molar-refractivity contribution in [2.45, 2.75) is 46.1 Å². The van der Waals surface area contributed by atoms with Crippen molar-refractivity contribution in [1.29, 1.82) is 0 Å². The molecule has 1 rings (SSSR count). The largest absolute Gasteiger partial charge is 0.348 e. The summed E-state index contributed by atoms with van der Waals surface area (Å²) < 4.78 is 0. The number of rotatable bonds is 8. The fraction of sp³-hybridized carbons (Fsp3) is 0.667. The summed E-state index contributed by atoms with van der Waals surface area (Å²) in [6, 6.07) is 0.103. The predicted molar refractivity (Wildman–Crippen MR) is 78.5 cm³/mol. The molecule has 0 spiro atoms. The minimum absolute atomic E-state index is 0.103. The van der Waals surface area contributed by atoms with Crippen LogP contribution in [0, 0.1) is 10.1 Å². The molecule has 1 heterocycles. The van der Waals surface area contributed by atoms with Crippen LogP contribution in [0.3, 0.4) is 0 Å². The molecule has 0 aromatic carbocycles. The lowest BCUT2D eigenvalue weighted by molar-refractivity contribution is -0.384. The summed E-state index contributed by atoms with van der Waals surface area (Å²) in [4.78, 5) is 20.5. The van der Waals surface area contributed by atoms with Crippen LogP contribution in [0.4, 0.5) is 17.5 Å². The number of nitrogens with zero attached hydrogens (tertiary/aromatic N) is 4. The highest BCUT2D eigenvalue weighted by Gasteiger charge is 2.24. The molecule has 8 heteroatoms. The normalized spacial score (nSPS) is 10.7. The third-order valence-corrected chi connectivity index (χ3v) is 2.97. The Morgan fingerprint density at radius 2 is 2.20 bits per heavy atom. The Hall–Kier alpha value is -1.96. The summed E-state index contributed by atoms with van der Waals surface area (Å²) in [6.07, 6.45) is 4.31. The zero-order chi connectivity index (χ0) is 15.1. The maximum absolute atomic E-state index is 11.1. The van der Waals surface area contributed by atoms with Gasteiger partial charge < -0.3 is 4.90 Å². The van der Waals surface area contributed by atoms with E-state index >= 15 is 0 Å². The first-order chi connectivity index (χ1) is 9.51. The van der Waals surface area contributed by atoms with Gasteiger partial charge in [-0.2, -0.15) is 4.98 Å². The van der Waals surface area contributed by atoms with E-state index in [1.54, 1.807) is 0 Å². The number of hydrazine groups is 1. The van der Waals surface area contributed by atoms with Crippen LogP contribution in [0.5, 0.6) is 0 Å². The topological polar surface area (TPSA) is 110 Å². The fourth-order valence-corrected chi connectivity index (χ4v) is 1.92. The standard InChI is InChI=1S/C12H22N6O2/c1-4-5-6-7-17(9(2)3)11-10(18(19)20)8-14-12(15-11)16-13/h8-9H,4-7,13H2,1-3H3,(H,14,15,16). The highest BCUT2D eigenvalue weighted by molar-refractivity contribution is 5.59. The molecule has 112 valence electrons. The summed E-state index contributed by atoms with van der Waals surface area (Å²) in [5.41, 5.74) is 2.22. The van der Waals surface area contributed by atoms with Crippen molar-refractivity contribution in [2.24, 2.45) is 5.84 Å². The van der Waals surface area contributed by atoms with E-state index in [0.29, 0.717) is 12.4 Å². The first-order valence-electron chi connectivity index (χ1n) is 6.75. The molecule has 0 aliphatic rings. The van der Waals surface area contributed by atoms with Gasteiger partial charge >= 0.3 is 5.69 Å². The van der Waals surface area contributed by atoms with E-state index in [1.165, 1.54) is 6.20 Å². The van der Waals surface area contributed by atoms with Crippen molar-refractivity contribution in [3.05, 3.63) is 16.3 Å². The number of hydrogen-bond acceptors (Lipinski definition) is 7. The van der Waals surface area contributed by atoms with Gasteiger partial charge in [0, 0.05) is 12.6 Å². The number of unbranched alkanes of at least 4 members (excludes halogenated alkanes) is 2. The highest BCUT2D eigenvalue weighted by atomic mass is 16.6. The lowest BCUT2D eigenvalue weighted by atomic mass is 10.2. The van der Waals surface area contributed by atoms with Crippen LogP contribution < -0.4 is 16.2 Å². The molecular weight excluding hydrogens is 260 g/mol. The monoisotopic (exact) mass is 282 g/mol. The number of nitrogens with one attached hydrogen (secondary N) is 1. The van der Waals surface area contributed by atoms with Crippen LogP contribution in [0.25, 0.3) is 0 Å². The van der Waals surface area contributed by atoms with Gasteiger partial charge in [0.05, 0.1) is 4.92 Å². The molecule has 0 saturated heterocycles. The Morgan fingerprint density at radius 1 is 1.50 bits per heavy atom. The molecule has 8 nitrogen and oxygen atoms in total. The molecular formula is C12H22N6O2. The SMILES string of the molecule is CCCCCN(c1nc(NN)ncc1[N+](=O)[O-])C(C)C. The molecule has 0 fully saturated rings. The van der Waals surface area contributed by atoms with E-state index in [9.17, 15) is 10.1 Å². The number of hydrogen-bond donors (Lipinski definition) is 2. The van der Waals surface area contributed by atoms with E-state index < -0.39 is 4.92 Å². The zero-order valence-electron chi connectivity index (χ0n) is 12.2. The van der Waals surface area contributed by atoms with Gasteiger partial charge in [-0.1, -0.05) is 19.8 Å². The Balaban J connectivity index is 3.11. The first-order valence-corrected chi connectivity index (χ1v) is 6.75. The Bertz CT molecular complexity index is 452. The smallest absolute Gasteiger partial charge is 0.329 e. The summed E-state index contributed by atoms with van der Waals surface area (Å²) in [6.45, 7) is 6.79. The van der Waals surface area contributed by atoms with E-state index in [0.717, 1.165) is 19.3 Å². The van der Waals surface area contributed by atoms with Crippen molar-refractivity contribution in [1.82, 2.24) is 9.97 Å². The minimum atomic E-state index is -0.467. The van der Waals surface area contributed by atoms with Crippen molar-refractivity contribution in [3.63, 3.8) is 0 Å². The molecule has 1 aromatic heterocycles. The van der Waals surface area contributed by atoms with Crippen LogP contribution >= 0.6 is 0 Å². The van der Waals surface area contributed by atoms with E-state index in [1.807, 2.05) is 18.7 Å². The number of anilines is 2. The molecule has 20 heavy (non-hydrogen) atoms. The predicted octanol–water partition coefficient (Wildman–Crippen LogP) is 2.08. The molecule has 0 aliphatic heterocycles. The lowest BCUT2D eigenvalue weighted by Crippen LogP contribution is -2.33. The van der Waals surface area contributed by atoms with Crippen LogP contribution in [0.1, 0.15) is 40.0 Å². The van der Waals surface area contributed by atoms with Crippen molar-refractivity contribution >= 4 is 17.5 Å². The zero-order valence-corrected chi connectivity index (χ0v) is 12.2. The Labute approximate surface area is 118 Å². The van der Waals surface area contributed by atoms with Crippen LogP contribution in [-0.2, 0) is 0 Å². The Morgan fingerprint density at radius 3 is 2.70 bits per heavy atom. The van der Waals surface area contributed by atoms with Crippen molar-refractivity contribution in [3.8, 4) is 0 Å². The second-order valence-electron chi connectivity index (χ2n) is 4.80. The summed E-state index contributed by atoms with van der Waals surface area (Å²) in [5, 5.41) is 11.1. The quantitative estimate of drug-likeness (QED) is 0.325. The first kappa shape index (κ1) is 16.1. The van der Waals surface area contributed by atoms with E-state index in [-0.39, 0.29) is 17.7 Å². The van der Waals surface area contributed by atoms with Crippen LogP contribution in [-0.4, -0.2) is 27.5 Å². The second kappa shape index (κ2) is 7.59. The summed E-state index contributed by atoms with van der Waals surface area (Å²) in [7, 11) is 0. The van der Waals surface area contributed by atoms with Gasteiger partial charge in [0.2, 0.25) is 11.8 Å². The lowest BCUT2D eigenvalue weighted by Gasteiger charge is -2.27. The average molecular weight is 282 g/mol. The van der Waals surface area contributed by atoms with E-state index in [2.05, 4.69) is 22.3 Å². The maximum atomic E-state index is 11.1. The molecule has 0 amide bonds. The third kappa shape index (κ3) is 4.02. The van der Waals surface area contributed by atoms with Crippen molar-refractivity contribution in [2.75, 3.05) is 16.9 Å². The summed E-state index contributed by atoms with van der Waals surface area (Å²) in [5.74, 6) is 5.76. The molecule has 0 aliphatic carbocycles. The minimum Gasteiger partial charge on any atom is -0.348 e. The van der Waals surface area contributed by atoms with Gasteiger partial charge in [-0.05, 0) is 20.3 Å². The van der Waals surface area contributed by atoms with Crippen molar-refractivity contribution < 1.29 is 4.92 Å². The summed E-state index contributed by atoms with van der Waals surface area (Å²) >= 11 is 0. The highest BCUT2D eigenvalue weighted by Crippen LogP contribution is 2.27. The number of aromatic nitrogens is 2. The van der Waals surface area contributed by atoms with Gasteiger partial charge in [0.25, 0.3) is 0 Å². The van der Waals surface area contributed by atoms with Crippen LogP contribution in [0.2, 0.25) is 0 Å². The van der Waals surface area contributed by atoms with Gasteiger partial charge in [0.15, 0.2) is 0 Å². The third-order valence-electron chi connectivity index (χ3n) is 2.97. The molecule has 0 unspecified atom stereocenters. The fourth-order valence-electron chi connectivity index (χ4n) is 1.92. The molecule has 0 bridgehead atoms. The van der Waals surface area contributed by atoms with Gasteiger partial charge in [-0.15, -0.1) is 0 Å². The Kier molecular flexibility index (Phi) is 6.10. The van der Waals surface area contributed by atoms with Gasteiger partial charge in [-0.3, -0.25) is 15.5 Å². The molecule has 3 N–H and O–H groups in total. The number of nitro groups is 1. The number of nitrogens with two attached hydrogens (primary N) is 1. The maximum Gasteiger partial charge on any atom is 0.329 e. The van der Waals surface area contributed by atoms with Crippen LogP contribution in [0.15, 0.2) is 6.20 Å². The molecule has 0 atom stereocenters. The molecule has 0 radical (unpaired) electrons. The number of nitrogen functional groups attached to an aromatic ring is 1. The molecule has 1 aromatic rings. The van der Waals surface area contributed by atoms with Gasteiger partial charge in [-0.25, -0.2) is 10.8 Å². The average Bonchev–Trinajstić information content (AvgIpc) is 2.42. The van der Waals surface area contributed by atoms with Gasteiger partial charge in [0.1, 0.15) is 6.20 Å². The second-order valence-corrected chi connectivity index (χ2v) is 4.80. The molecule has 0 saturated carbocycles. The van der Waals surface area contributed by atoms with E-state index in [4.69, 9.17) is 5.84 Å².